The van der Waals surface area contributed by atoms with Gasteiger partial charge in [-0.25, -0.2) is 0 Å². The van der Waals surface area contributed by atoms with Gasteiger partial charge >= 0.3 is 0 Å². The summed E-state index contributed by atoms with van der Waals surface area (Å²) in [5.74, 6) is 0. The number of nitrogens with one attached hydrogen (secondary N) is 1. The SMILES string of the molecule is CCCNC1CCCCCC1N(C)CC1CCCCO1. The molecule has 0 aromatic carbocycles. The Kier molecular flexibility index (Phi) is 7.32. The van der Waals surface area contributed by atoms with Gasteiger partial charge in [0.25, 0.3) is 0 Å². The van der Waals surface area contributed by atoms with Crippen LogP contribution in [0.2, 0.25) is 0 Å². The van der Waals surface area contributed by atoms with Crippen molar-refractivity contribution in [3.8, 4) is 0 Å². The fraction of sp³-hybridized carbons (Fsp3) is 1.00. The Hall–Kier alpha value is -0.120. The molecule has 3 nitrogen and oxygen atoms in total. The van der Waals surface area contributed by atoms with Crippen molar-refractivity contribution in [1.82, 2.24) is 10.2 Å². The lowest BCUT2D eigenvalue weighted by Crippen LogP contribution is -2.50. The predicted molar refractivity (Wildman–Crippen MR) is 85.2 cm³/mol. The summed E-state index contributed by atoms with van der Waals surface area (Å²) < 4.78 is 5.92. The van der Waals surface area contributed by atoms with Gasteiger partial charge in [0.05, 0.1) is 6.10 Å². The molecule has 1 aliphatic carbocycles. The van der Waals surface area contributed by atoms with Crippen LogP contribution < -0.4 is 5.32 Å². The number of hydrogen-bond acceptors (Lipinski definition) is 3. The fourth-order valence-electron chi connectivity index (χ4n) is 3.79. The molecule has 2 rings (SSSR count). The van der Waals surface area contributed by atoms with Crippen LogP contribution >= 0.6 is 0 Å². The van der Waals surface area contributed by atoms with E-state index in [4.69, 9.17) is 4.74 Å². The summed E-state index contributed by atoms with van der Waals surface area (Å²) in [6.45, 7) is 5.52. The summed E-state index contributed by atoms with van der Waals surface area (Å²) in [7, 11) is 2.31. The quantitative estimate of drug-likeness (QED) is 0.757. The maximum Gasteiger partial charge on any atom is 0.0702 e. The summed E-state index contributed by atoms with van der Waals surface area (Å²) >= 11 is 0. The molecule has 0 bridgehead atoms. The normalized spacial score (nSPS) is 32.2. The molecule has 2 fully saturated rings. The summed E-state index contributed by atoms with van der Waals surface area (Å²) in [5.41, 5.74) is 0. The van der Waals surface area contributed by atoms with E-state index in [1.807, 2.05) is 0 Å². The molecule has 0 aromatic heterocycles. The molecule has 1 N–H and O–H groups in total. The Morgan fingerprint density at radius 2 is 1.85 bits per heavy atom. The van der Waals surface area contributed by atoms with Crippen LogP contribution in [-0.2, 0) is 4.74 Å². The first kappa shape index (κ1) is 16.3. The second-order valence-corrected chi connectivity index (χ2v) is 6.69. The molecule has 1 saturated heterocycles. The monoisotopic (exact) mass is 282 g/mol. The Bertz CT molecular complexity index is 253. The summed E-state index contributed by atoms with van der Waals surface area (Å²) in [4.78, 5) is 2.59. The van der Waals surface area contributed by atoms with Crippen molar-refractivity contribution in [1.29, 1.82) is 0 Å². The van der Waals surface area contributed by atoms with E-state index in [0.717, 1.165) is 19.7 Å². The van der Waals surface area contributed by atoms with Crippen molar-refractivity contribution < 1.29 is 4.74 Å². The van der Waals surface area contributed by atoms with Gasteiger partial charge in [0.15, 0.2) is 0 Å². The highest BCUT2D eigenvalue weighted by Gasteiger charge is 2.28. The van der Waals surface area contributed by atoms with Gasteiger partial charge in [-0.2, -0.15) is 0 Å². The largest absolute Gasteiger partial charge is 0.377 e. The van der Waals surface area contributed by atoms with E-state index in [0.29, 0.717) is 18.2 Å². The Balaban J connectivity index is 1.86. The summed E-state index contributed by atoms with van der Waals surface area (Å²) in [6.07, 6.45) is 12.5. The second kappa shape index (κ2) is 9.01. The standard InChI is InChI=1S/C17H34N2O/c1-3-12-18-16-10-5-4-6-11-17(16)19(2)14-15-9-7-8-13-20-15/h15-18H,3-14H2,1-2H3. The highest BCUT2D eigenvalue weighted by molar-refractivity contribution is 4.87. The lowest BCUT2D eigenvalue weighted by atomic mass is 10.00. The van der Waals surface area contributed by atoms with Gasteiger partial charge in [-0.15, -0.1) is 0 Å². The van der Waals surface area contributed by atoms with E-state index in [1.165, 1.54) is 57.8 Å². The van der Waals surface area contributed by atoms with E-state index >= 15 is 0 Å². The Morgan fingerprint density at radius 1 is 1.05 bits per heavy atom. The third kappa shape index (κ3) is 5.01. The molecule has 1 saturated carbocycles. The Morgan fingerprint density at radius 3 is 2.60 bits per heavy atom. The average molecular weight is 282 g/mol. The van der Waals surface area contributed by atoms with Gasteiger partial charge in [-0.05, 0) is 52.1 Å². The molecule has 0 radical (unpaired) electrons. The van der Waals surface area contributed by atoms with Crippen molar-refractivity contribution in [2.75, 3.05) is 26.7 Å². The topological polar surface area (TPSA) is 24.5 Å². The van der Waals surface area contributed by atoms with Crippen LogP contribution in [0.25, 0.3) is 0 Å². The number of hydrogen-bond donors (Lipinski definition) is 1. The minimum atomic E-state index is 0.476. The molecule has 2 aliphatic rings. The molecule has 1 aliphatic heterocycles. The summed E-state index contributed by atoms with van der Waals surface area (Å²) in [6, 6.07) is 1.39. The van der Waals surface area contributed by atoms with E-state index in [-0.39, 0.29) is 0 Å². The molecule has 3 unspecified atom stereocenters. The molecule has 0 spiro atoms. The van der Waals surface area contributed by atoms with Crippen molar-refractivity contribution in [3.05, 3.63) is 0 Å². The average Bonchev–Trinajstić information content (AvgIpc) is 2.71. The first-order chi connectivity index (χ1) is 9.81. The number of nitrogens with zero attached hydrogens (tertiary/aromatic N) is 1. The molecule has 1 heterocycles. The minimum Gasteiger partial charge on any atom is -0.377 e. The van der Waals surface area contributed by atoms with Crippen LogP contribution in [0.4, 0.5) is 0 Å². The highest BCUT2D eigenvalue weighted by atomic mass is 16.5. The molecule has 118 valence electrons. The summed E-state index contributed by atoms with van der Waals surface area (Å²) in [5, 5.41) is 3.80. The lowest BCUT2D eigenvalue weighted by Gasteiger charge is -2.37. The molecule has 20 heavy (non-hydrogen) atoms. The zero-order chi connectivity index (χ0) is 14.2. The van der Waals surface area contributed by atoms with Crippen molar-refractivity contribution >= 4 is 0 Å². The number of likely N-dealkylation sites (N-methyl/N-ethyl adjacent to an activating group) is 1. The molecule has 3 heteroatoms. The van der Waals surface area contributed by atoms with Crippen LogP contribution in [0, 0.1) is 0 Å². The van der Waals surface area contributed by atoms with Gasteiger partial charge < -0.3 is 10.1 Å². The van der Waals surface area contributed by atoms with E-state index in [1.54, 1.807) is 0 Å². The van der Waals surface area contributed by atoms with Gasteiger partial charge in [-0.3, -0.25) is 4.90 Å². The van der Waals surface area contributed by atoms with Crippen LogP contribution in [0.1, 0.15) is 64.7 Å². The van der Waals surface area contributed by atoms with Crippen LogP contribution in [0.3, 0.4) is 0 Å². The third-order valence-corrected chi connectivity index (χ3v) is 4.97. The zero-order valence-corrected chi connectivity index (χ0v) is 13.6. The van der Waals surface area contributed by atoms with E-state index in [2.05, 4.69) is 24.2 Å². The van der Waals surface area contributed by atoms with Gasteiger partial charge in [0, 0.05) is 25.2 Å². The molecule has 0 amide bonds. The molecular formula is C17H34N2O. The number of rotatable bonds is 6. The van der Waals surface area contributed by atoms with E-state index in [9.17, 15) is 0 Å². The van der Waals surface area contributed by atoms with Crippen LogP contribution in [-0.4, -0.2) is 49.8 Å². The van der Waals surface area contributed by atoms with Gasteiger partial charge in [0.2, 0.25) is 0 Å². The van der Waals surface area contributed by atoms with Crippen LogP contribution in [0.15, 0.2) is 0 Å². The number of ether oxygens (including phenoxy) is 1. The second-order valence-electron chi connectivity index (χ2n) is 6.69. The molecular weight excluding hydrogens is 248 g/mol. The molecule has 3 atom stereocenters. The third-order valence-electron chi connectivity index (χ3n) is 4.97. The zero-order valence-electron chi connectivity index (χ0n) is 13.6. The van der Waals surface area contributed by atoms with E-state index < -0.39 is 0 Å². The first-order valence-corrected chi connectivity index (χ1v) is 8.86. The maximum absolute atomic E-state index is 5.92. The van der Waals surface area contributed by atoms with Crippen molar-refractivity contribution in [2.45, 2.75) is 82.9 Å². The van der Waals surface area contributed by atoms with Crippen LogP contribution in [0.5, 0.6) is 0 Å². The Labute approximate surface area is 125 Å². The lowest BCUT2D eigenvalue weighted by molar-refractivity contribution is -0.0116. The van der Waals surface area contributed by atoms with Gasteiger partial charge in [0.1, 0.15) is 0 Å². The van der Waals surface area contributed by atoms with Crippen molar-refractivity contribution in [3.63, 3.8) is 0 Å². The maximum atomic E-state index is 5.92. The van der Waals surface area contributed by atoms with Crippen molar-refractivity contribution in [2.24, 2.45) is 0 Å². The van der Waals surface area contributed by atoms with Gasteiger partial charge in [-0.1, -0.05) is 26.2 Å². The fourth-order valence-corrected chi connectivity index (χ4v) is 3.79. The highest BCUT2D eigenvalue weighted by Crippen LogP contribution is 2.23. The minimum absolute atomic E-state index is 0.476. The predicted octanol–water partition coefficient (Wildman–Crippen LogP) is 3.19. The first-order valence-electron chi connectivity index (χ1n) is 8.86. The molecule has 0 aromatic rings. The smallest absolute Gasteiger partial charge is 0.0702 e.